The van der Waals surface area contributed by atoms with E-state index in [-0.39, 0.29) is 18.0 Å². The molecule has 1 aromatic rings. The van der Waals surface area contributed by atoms with E-state index in [9.17, 15) is 4.79 Å². The number of aryl methyl sites for hydroxylation is 1. The molecule has 2 unspecified atom stereocenters. The van der Waals surface area contributed by atoms with E-state index in [1.54, 1.807) is 0 Å². The van der Waals surface area contributed by atoms with Crippen molar-refractivity contribution >= 4 is 5.91 Å². The maximum atomic E-state index is 12.4. The fraction of sp³-hybridized carbons (Fsp3) is 0.632. The van der Waals surface area contributed by atoms with Crippen molar-refractivity contribution in [3.8, 4) is 0 Å². The minimum absolute atomic E-state index is 0.0580. The van der Waals surface area contributed by atoms with Crippen molar-refractivity contribution in [3.05, 3.63) is 35.4 Å². The molecule has 2 atom stereocenters. The number of rotatable bonds is 7. The molecule has 4 heteroatoms. The summed E-state index contributed by atoms with van der Waals surface area (Å²) in [4.78, 5) is 12.4. The monoisotopic (exact) mass is 318 g/mol. The zero-order chi connectivity index (χ0) is 16.7. The number of carbonyl (C=O) groups excluding carboxylic acids is 1. The van der Waals surface area contributed by atoms with Gasteiger partial charge in [-0.2, -0.15) is 0 Å². The molecule has 2 N–H and O–H groups in total. The Labute approximate surface area is 140 Å². The first-order valence-electron chi connectivity index (χ1n) is 8.79. The van der Waals surface area contributed by atoms with Crippen LogP contribution in [0.2, 0.25) is 0 Å². The van der Waals surface area contributed by atoms with Crippen LogP contribution in [0.1, 0.15) is 50.8 Å². The maximum absolute atomic E-state index is 12.4. The molecule has 0 aromatic heterocycles. The van der Waals surface area contributed by atoms with Gasteiger partial charge in [-0.3, -0.25) is 4.79 Å². The second-order valence-corrected chi connectivity index (χ2v) is 6.71. The molecule has 0 radical (unpaired) electrons. The van der Waals surface area contributed by atoms with Crippen molar-refractivity contribution in [2.24, 2.45) is 5.92 Å². The van der Waals surface area contributed by atoms with E-state index in [0.717, 1.165) is 26.0 Å². The Balaban J connectivity index is 1.95. The standard InChI is InChI=1S/C19H30N2O2/c1-4-5-15-6-8-16(9-7-15)19(14(2)3)21-18(22)12-17-13-23-11-10-20-17/h6-9,14,17,19-20H,4-5,10-13H2,1-3H3,(H,21,22). The Kier molecular flexibility index (Phi) is 7.06. The van der Waals surface area contributed by atoms with Crippen LogP contribution in [0, 0.1) is 5.92 Å². The normalized spacial score (nSPS) is 19.6. The van der Waals surface area contributed by atoms with Crippen LogP contribution in [-0.2, 0) is 16.0 Å². The molecule has 4 nitrogen and oxygen atoms in total. The summed E-state index contributed by atoms with van der Waals surface area (Å²) in [6, 6.07) is 8.84. The van der Waals surface area contributed by atoms with Crippen molar-refractivity contribution in [2.45, 2.75) is 52.1 Å². The van der Waals surface area contributed by atoms with Gasteiger partial charge < -0.3 is 15.4 Å². The SMILES string of the molecule is CCCc1ccc(C(NC(=O)CC2COCCN2)C(C)C)cc1. The minimum atomic E-state index is 0.0580. The average Bonchev–Trinajstić information content (AvgIpc) is 2.54. The number of ether oxygens (including phenoxy) is 1. The molecule has 0 bridgehead atoms. The van der Waals surface area contributed by atoms with E-state index >= 15 is 0 Å². The molecule has 0 spiro atoms. The Morgan fingerprint density at radius 1 is 1.35 bits per heavy atom. The largest absolute Gasteiger partial charge is 0.378 e. The van der Waals surface area contributed by atoms with Gasteiger partial charge in [-0.15, -0.1) is 0 Å². The average molecular weight is 318 g/mol. The maximum Gasteiger partial charge on any atom is 0.222 e. The molecule has 1 fully saturated rings. The molecule has 1 amide bonds. The highest BCUT2D eigenvalue weighted by atomic mass is 16.5. The highest BCUT2D eigenvalue weighted by Gasteiger charge is 2.22. The number of amides is 1. The Morgan fingerprint density at radius 3 is 2.65 bits per heavy atom. The van der Waals surface area contributed by atoms with E-state index in [2.05, 4.69) is 55.7 Å². The Morgan fingerprint density at radius 2 is 2.09 bits per heavy atom. The summed E-state index contributed by atoms with van der Waals surface area (Å²) in [5.74, 6) is 0.441. The van der Waals surface area contributed by atoms with E-state index in [1.807, 2.05) is 0 Å². The van der Waals surface area contributed by atoms with Crippen LogP contribution in [0.25, 0.3) is 0 Å². The second kappa shape index (κ2) is 9.04. The van der Waals surface area contributed by atoms with Gasteiger partial charge in [0.15, 0.2) is 0 Å². The number of benzene rings is 1. The Hall–Kier alpha value is -1.39. The van der Waals surface area contributed by atoms with E-state index in [4.69, 9.17) is 4.74 Å². The highest BCUT2D eigenvalue weighted by Crippen LogP contribution is 2.22. The predicted octanol–water partition coefficient (Wildman–Crippen LogP) is 2.83. The van der Waals surface area contributed by atoms with Crippen molar-refractivity contribution in [1.29, 1.82) is 0 Å². The summed E-state index contributed by atoms with van der Waals surface area (Å²) in [5.41, 5.74) is 2.54. The third-order valence-corrected chi connectivity index (χ3v) is 4.29. The van der Waals surface area contributed by atoms with Gasteiger partial charge in [0.25, 0.3) is 0 Å². The van der Waals surface area contributed by atoms with Gasteiger partial charge in [0.1, 0.15) is 0 Å². The van der Waals surface area contributed by atoms with Crippen molar-refractivity contribution < 1.29 is 9.53 Å². The highest BCUT2D eigenvalue weighted by molar-refractivity contribution is 5.77. The lowest BCUT2D eigenvalue weighted by atomic mass is 9.94. The van der Waals surface area contributed by atoms with E-state index in [1.165, 1.54) is 11.1 Å². The number of carbonyl (C=O) groups is 1. The van der Waals surface area contributed by atoms with Crippen molar-refractivity contribution in [2.75, 3.05) is 19.8 Å². The summed E-state index contributed by atoms with van der Waals surface area (Å²) in [6.07, 6.45) is 2.73. The van der Waals surface area contributed by atoms with E-state index in [0.29, 0.717) is 18.9 Å². The molecule has 0 aliphatic carbocycles. The van der Waals surface area contributed by atoms with Crippen LogP contribution in [0.4, 0.5) is 0 Å². The quantitative estimate of drug-likeness (QED) is 0.813. The molecule has 1 aliphatic heterocycles. The molecule has 1 saturated heterocycles. The van der Waals surface area contributed by atoms with Crippen LogP contribution in [0.5, 0.6) is 0 Å². The minimum Gasteiger partial charge on any atom is -0.378 e. The van der Waals surface area contributed by atoms with Gasteiger partial charge in [0.2, 0.25) is 5.91 Å². The number of hydrogen-bond acceptors (Lipinski definition) is 3. The molecule has 1 heterocycles. The Bertz CT molecular complexity index is 479. The molecule has 128 valence electrons. The number of hydrogen-bond donors (Lipinski definition) is 2. The predicted molar refractivity (Wildman–Crippen MR) is 93.4 cm³/mol. The fourth-order valence-electron chi connectivity index (χ4n) is 3.02. The molecule has 0 saturated carbocycles. The smallest absolute Gasteiger partial charge is 0.222 e. The van der Waals surface area contributed by atoms with Gasteiger partial charge in [0.05, 0.1) is 19.3 Å². The molecule has 1 aliphatic rings. The first-order valence-corrected chi connectivity index (χ1v) is 8.79. The molecular weight excluding hydrogens is 288 g/mol. The summed E-state index contributed by atoms with van der Waals surface area (Å²) in [7, 11) is 0. The third kappa shape index (κ3) is 5.63. The molecule has 1 aromatic carbocycles. The molecular formula is C19H30N2O2. The lowest BCUT2D eigenvalue weighted by molar-refractivity contribution is -0.123. The van der Waals surface area contributed by atoms with Crippen molar-refractivity contribution in [3.63, 3.8) is 0 Å². The molecule has 2 rings (SSSR count). The van der Waals surface area contributed by atoms with Crippen LogP contribution in [0.15, 0.2) is 24.3 Å². The van der Waals surface area contributed by atoms with Gasteiger partial charge in [0, 0.05) is 19.0 Å². The van der Waals surface area contributed by atoms with Gasteiger partial charge in [-0.1, -0.05) is 51.5 Å². The number of morpholine rings is 1. The lowest BCUT2D eigenvalue weighted by Crippen LogP contribution is -2.45. The number of nitrogens with one attached hydrogen (secondary N) is 2. The van der Waals surface area contributed by atoms with Gasteiger partial charge >= 0.3 is 0 Å². The fourth-order valence-corrected chi connectivity index (χ4v) is 3.02. The first-order chi connectivity index (χ1) is 11.1. The van der Waals surface area contributed by atoms with Crippen LogP contribution in [-0.4, -0.2) is 31.7 Å². The lowest BCUT2D eigenvalue weighted by Gasteiger charge is -2.26. The second-order valence-electron chi connectivity index (χ2n) is 6.71. The molecule has 23 heavy (non-hydrogen) atoms. The summed E-state index contributed by atoms with van der Waals surface area (Å²) < 4.78 is 5.41. The summed E-state index contributed by atoms with van der Waals surface area (Å²) in [5, 5.41) is 6.52. The van der Waals surface area contributed by atoms with Crippen LogP contribution in [0.3, 0.4) is 0 Å². The van der Waals surface area contributed by atoms with E-state index < -0.39 is 0 Å². The van der Waals surface area contributed by atoms with Crippen LogP contribution >= 0.6 is 0 Å². The summed E-state index contributed by atoms with van der Waals surface area (Å²) >= 11 is 0. The zero-order valence-corrected chi connectivity index (χ0v) is 14.6. The first kappa shape index (κ1) is 18.0. The van der Waals surface area contributed by atoms with Gasteiger partial charge in [-0.05, 0) is 23.5 Å². The third-order valence-electron chi connectivity index (χ3n) is 4.29. The zero-order valence-electron chi connectivity index (χ0n) is 14.6. The topological polar surface area (TPSA) is 50.4 Å². The van der Waals surface area contributed by atoms with Gasteiger partial charge in [-0.25, -0.2) is 0 Å². The van der Waals surface area contributed by atoms with Crippen LogP contribution < -0.4 is 10.6 Å². The summed E-state index contributed by atoms with van der Waals surface area (Å²) in [6.45, 7) is 8.65. The van der Waals surface area contributed by atoms with Crippen molar-refractivity contribution in [1.82, 2.24) is 10.6 Å².